The Balaban J connectivity index is 1.51. The lowest BCUT2D eigenvalue weighted by atomic mass is 10.1. The fraction of sp³-hybridized carbons (Fsp3) is 0.556. The van der Waals surface area contributed by atoms with Gasteiger partial charge in [-0.3, -0.25) is 14.5 Å². The van der Waals surface area contributed by atoms with Gasteiger partial charge in [0.15, 0.2) is 0 Å². The van der Waals surface area contributed by atoms with Gasteiger partial charge in [0, 0.05) is 39.1 Å². The molecule has 0 spiro atoms. The third kappa shape index (κ3) is 4.49. The highest BCUT2D eigenvalue weighted by atomic mass is 16.5. The zero-order valence-electron chi connectivity index (χ0n) is 14.5. The summed E-state index contributed by atoms with van der Waals surface area (Å²) in [5.74, 6) is -0.322. The Morgan fingerprint density at radius 3 is 2.84 bits per heavy atom. The number of phenolic OH excluding ortho intramolecular Hbond substituents is 1. The number of rotatable bonds is 5. The van der Waals surface area contributed by atoms with Gasteiger partial charge in [0.25, 0.3) is 5.91 Å². The molecule has 1 aromatic rings. The van der Waals surface area contributed by atoms with E-state index in [1.54, 1.807) is 17.0 Å². The van der Waals surface area contributed by atoms with Gasteiger partial charge in [-0.15, -0.1) is 0 Å². The van der Waals surface area contributed by atoms with Gasteiger partial charge in [-0.2, -0.15) is 0 Å². The molecule has 7 heteroatoms. The third-order valence-electron chi connectivity index (χ3n) is 4.74. The number of nitrogens with one attached hydrogen (secondary N) is 1. The molecule has 1 atom stereocenters. The number of likely N-dealkylation sites (tertiary alicyclic amines) is 1. The summed E-state index contributed by atoms with van der Waals surface area (Å²) < 4.78 is 5.32. The van der Waals surface area contributed by atoms with Crippen molar-refractivity contribution >= 4 is 11.8 Å². The minimum Gasteiger partial charge on any atom is -0.507 e. The molecule has 7 nitrogen and oxygen atoms in total. The maximum Gasteiger partial charge on any atom is 0.255 e. The van der Waals surface area contributed by atoms with Crippen molar-refractivity contribution in [1.29, 1.82) is 0 Å². The van der Waals surface area contributed by atoms with Crippen molar-refractivity contribution in [1.82, 2.24) is 15.1 Å². The molecular weight excluding hydrogens is 322 g/mol. The molecule has 1 unspecified atom stereocenters. The topological polar surface area (TPSA) is 82.1 Å². The zero-order chi connectivity index (χ0) is 17.8. The number of aromatic hydroxyl groups is 1. The number of phenols is 1. The van der Waals surface area contributed by atoms with Crippen LogP contribution in [-0.4, -0.2) is 78.7 Å². The van der Waals surface area contributed by atoms with Crippen molar-refractivity contribution in [3.05, 3.63) is 29.3 Å². The first-order valence-corrected chi connectivity index (χ1v) is 8.71. The number of ether oxygens (including phenoxy) is 1. The van der Waals surface area contributed by atoms with Crippen LogP contribution in [0.5, 0.6) is 5.75 Å². The standard InChI is InChI=1S/C18H25N3O4/c1-13-2-3-16(22)15(10-13)18(24)19-14-11-17(23)21(12-14)5-4-20-6-8-25-9-7-20/h2-3,10,14,22H,4-9,11-12H2,1H3,(H,19,24). The SMILES string of the molecule is Cc1ccc(O)c(C(=O)NC2CC(=O)N(CCN3CCOCC3)C2)c1. The summed E-state index contributed by atoms with van der Waals surface area (Å²) >= 11 is 0. The van der Waals surface area contributed by atoms with Crippen LogP contribution in [0.3, 0.4) is 0 Å². The van der Waals surface area contributed by atoms with E-state index in [0.717, 1.165) is 38.4 Å². The van der Waals surface area contributed by atoms with Crippen molar-refractivity contribution in [3.8, 4) is 5.75 Å². The van der Waals surface area contributed by atoms with E-state index in [1.807, 2.05) is 6.92 Å². The van der Waals surface area contributed by atoms with E-state index in [0.29, 0.717) is 19.5 Å². The molecule has 2 fully saturated rings. The summed E-state index contributed by atoms with van der Waals surface area (Å²) in [7, 11) is 0. The average Bonchev–Trinajstić information content (AvgIpc) is 2.95. The fourth-order valence-corrected chi connectivity index (χ4v) is 3.27. The van der Waals surface area contributed by atoms with Crippen molar-refractivity contribution in [3.63, 3.8) is 0 Å². The minimum absolute atomic E-state index is 0.0448. The molecule has 2 saturated heterocycles. The van der Waals surface area contributed by atoms with E-state index in [9.17, 15) is 14.7 Å². The highest BCUT2D eigenvalue weighted by Gasteiger charge is 2.31. The predicted molar refractivity (Wildman–Crippen MR) is 92.6 cm³/mol. The Morgan fingerprint density at radius 1 is 1.32 bits per heavy atom. The van der Waals surface area contributed by atoms with Gasteiger partial charge in [0.1, 0.15) is 5.75 Å². The number of morpholine rings is 1. The number of amides is 2. The lowest BCUT2D eigenvalue weighted by molar-refractivity contribution is -0.128. The largest absolute Gasteiger partial charge is 0.507 e. The van der Waals surface area contributed by atoms with E-state index in [1.165, 1.54) is 6.07 Å². The fourth-order valence-electron chi connectivity index (χ4n) is 3.27. The van der Waals surface area contributed by atoms with E-state index in [4.69, 9.17) is 4.74 Å². The second-order valence-electron chi connectivity index (χ2n) is 6.69. The van der Waals surface area contributed by atoms with Crippen LogP contribution in [0, 0.1) is 6.92 Å². The molecule has 0 saturated carbocycles. The summed E-state index contributed by atoms with van der Waals surface area (Å²) in [5.41, 5.74) is 1.15. The number of benzene rings is 1. The Kier molecular flexibility index (Phi) is 5.55. The molecule has 2 aliphatic rings. The number of aryl methyl sites for hydroxylation is 1. The van der Waals surface area contributed by atoms with E-state index < -0.39 is 0 Å². The van der Waals surface area contributed by atoms with E-state index >= 15 is 0 Å². The van der Waals surface area contributed by atoms with Crippen LogP contribution < -0.4 is 5.32 Å². The summed E-state index contributed by atoms with van der Waals surface area (Å²) in [6.45, 7) is 7.16. The monoisotopic (exact) mass is 347 g/mol. The minimum atomic E-state index is -0.339. The van der Waals surface area contributed by atoms with Gasteiger partial charge in [-0.1, -0.05) is 11.6 Å². The van der Waals surface area contributed by atoms with Gasteiger partial charge in [-0.05, 0) is 19.1 Å². The average molecular weight is 347 g/mol. The predicted octanol–water partition coefficient (Wildman–Crippen LogP) is 0.364. The number of nitrogens with zero attached hydrogens (tertiary/aromatic N) is 2. The molecule has 1 aromatic carbocycles. The highest BCUT2D eigenvalue weighted by Crippen LogP contribution is 2.19. The highest BCUT2D eigenvalue weighted by molar-refractivity contribution is 5.97. The lowest BCUT2D eigenvalue weighted by Gasteiger charge is -2.28. The molecule has 2 aliphatic heterocycles. The van der Waals surface area contributed by atoms with E-state index in [2.05, 4.69) is 10.2 Å². The van der Waals surface area contributed by atoms with Crippen LogP contribution in [0.2, 0.25) is 0 Å². The molecule has 0 bridgehead atoms. The van der Waals surface area contributed by atoms with Gasteiger partial charge >= 0.3 is 0 Å². The number of hydrogen-bond donors (Lipinski definition) is 2. The Labute approximate surface area is 147 Å². The maximum atomic E-state index is 12.4. The molecule has 0 radical (unpaired) electrons. The molecule has 0 aromatic heterocycles. The number of carbonyl (C=O) groups excluding carboxylic acids is 2. The number of hydrogen-bond acceptors (Lipinski definition) is 5. The molecular formula is C18H25N3O4. The zero-order valence-corrected chi connectivity index (χ0v) is 14.5. The first kappa shape index (κ1) is 17.7. The van der Waals surface area contributed by atoms with Crippen LogP contribution in [-0.2, 0) is 9.53 Å². The summed E-state index contributed by atoms with van der Waals surface area (Å²) in [6, 6.07) is 4.69. The van der Waals surface area contributed by atoms with Crippen LogP contribution in [0.1, 0.15) is 22.3 Å². The molecule has 2 N–H and O–H groups in total. The van der Waals surface area contributed by atoms with Crippen molar-refractivity contribution < 1.29 is 19.4 Å². The smallest absolute Gasteiger partial charge is 0.255 e. The van der Waals surface area contributed by atoms with Gasteiger partial charge in [-0.25, -0.2) is 0 Å². The van der Waals surface area contributed by atoms with Gasteiger partial charge < -0.3 is 20.1 Å². The summed E-state index contributed by atoms with van der Waals surface area (Å²) in [6.07, 6.45) is 0.307. The molecule has 136 valence electrons. The Hall–Kier alpha value is -2.12. The van der Waals surface area contributed by atoms with Crippen molar-refractivity contribution in [2.75, 3.05) is 45.9 Å². The molecule has 2 heterocycles. The molecule has 3 rings (SSSR count). The second-order valence-corrected chi connectivity index (χ2v) is 6.69. The van der Waals surface area contributed by atoms with Crippen LogP contribution in [0.25, 0.3) is 0 Å². The Morgan fingerprint density at radius 2 is 2.08 bits per heavy atom. The third-order valence-corrected chi connectivity index (χ3v) is 4.74. The van der Waals surface area contributed by atoms with Gasteiger partial charge in [0.2, 0.25) is 5.91 Å². The normalized spacial score (nSPS) is 21.6. The maximum absolute atomic E-state index is 12.4. The van der Waals surface area contributed by atoms with Crippen LogP contribution in [0.4, 0.5) is 0 Å². The summed E-state index contributed by atoms with van der Waals surface area (Å²) in [5, 5.41) is 12.7. The van der Waals surface area contributed by atoms with Crippen molar-refractivity contribution in [2.45, 2.75) is 19.4 Å². The lowest BCUT2D eigenvalue weighted by Crippen LogP contribution is -2.42. The first-order chi connectivity index (χ1) is 12.0. The Bertz CT molecular complexity index is 643. The van der Waals surface area contributed by atoms with Crippen molar-refractivity contribution in [2.24, 2.45) is 0 Å². The molecule has 0 aliphatic carbocycles. The van der Waals surface area contributed by atoms with Gasteiger partial charge in [0.05, 0.1) is 24.8 Å². The molecule has 2 amide bonds. The van der Waals surface area contributed by atoms with E-state index in [-0.39, 0.29) is 29.2 Å². The summed E-state index contributed by atoms with van der Waals surface area (Å²) in [4.78, 5) is 28.6. The van der Waals surface area contributed by atoms with Crippen LogP contribution >= 0.6 is 0 Å². The van der Waals surface area contributed by atoms with Crippen LogP contribution in [0.15, 0.2) is 18.2 Å². The number of carbonyl (C=O) groups is 2. The quantitative estimate of drug-likeness (QED) is 0.804. The second kappa shape index (κ2) is 7.84. The first-order valence-electron chi connectivity index (χ1n) is 8.71. The molecule has 25 heavy (non-hydrogen) atoms.